The van der Waals surface area contributed by atoms with Crippen molar-refractivity contribution in [2.75, 3.05) is 26.7 Å². The van der Waals surface area contributed by atoms with Crippen molar-refractivity contribution in [1.29, 1.82) is 0 Å². The van der Waals surface area contributed by atoms with Gasteiger partial charge in [0.25, 0.3) is 0 Å². The zero-order chi connectivity index (χ0) is 61.8. The van der Waals surface area contributed by atoms with E-state index >= 15 is 4.79 Å². The summed E-state index contributed by atoms with van der Waals surface area (Å²) >= 11 is 0. The van der Waals surface area contributed by atoms with E-state index in [0.717, 1.165) is 37.0 Å². The third-order valence-corrected chi connectivity index (χ3v) is 12.4. The molecule has 22 nitrogen and oxygen atoms in total. The van der Waals surface area contributed by atoms with Crippen LogP contribution in [0, 0.1) is 0 Å². The molecule has 2 aromatic carbocycles. The van der Waals surface area contributed by atoms with Gasteiger partial charge in [-0.2, -0.15) is 0 Å². The molecule has 1 aliphatic rings. The summed E-state index contributed by atoms with van der Waals surface area (Å²) in [6.45, 7) is 24.1. The molecule has 1 aliphatic heterocycles. The Morgan fingerprint density at radius 3 is 1.74 bits per heavy atom. The first kappa shape index (κ1) is 69.1. The van der Waals surface area contributed by atoms with Gasteiger partial charge in [-0.05, 0) is 151 Å². The van der Waals surface area contributed by atoms with Crippen LogP contribution in [0.5, 0.6) is 11.5 Å². The van der Waals surface area contributed by atoms with E-state index in [9.17, 15) is 43.5 Å². The lowest BCUT2D eigenvalue weighted by Gasteiger charge is -2.33. The maximum atomic E-state index is 15.2. The monoisotopic (exact) mass is 1150 g/mol. The van der Waals surface area contributed by atoms with Gasteiger partial charge in [-0.15, -0.1) is 0 Å². The van der Waals surface area contributed by atoms with Crippen LogP contribution in [0.15, 0.2) is 36.4 Å². The number of nitrogens with one attached hydrogen (secondary N) is 4. The SMILES string of the molecule is CCCCCCCCCCN(CCC(=O)N[C@@H](CCCCNC(=O)OC(C)(C)C)C(=O)N(C)[C@@H]1C(=O)N[C@@H](C)C(=O)N[C@H](C(=O)O)Cc2ccc(OC(=O)OC(C)(C)C)c(c2)-c2cc1ccc2OC(=O)OC(C)(C)C)C(=O)OC(C)(C)C. The molecule has 2 aromatic rings. The highest BCUT2D eigenvalue weighted by Gasteiger charge is 2.37. The third kappa shape index (κ3) is 25.3. The molecule has 4 bridgehead atoms. The molecule has 82 heavy (non-hydrogen) atoms. The molecule has 0 unspecified atom stereocenters. The fraction of sp³-hybridized carbons (Fsp3) is 0.650. The van der Waals surface area contributed by atoms with E-state index in [-0.39, 0.29) is 67.0 Å². The largest absolute Gasteiger partial charge is 0.514 e. The molecule has 0 radical (unpaired) electrons. The molecule has 0 saturated heterocycles. The predicted octanol–water partition coefficient (Wildman–Crippen LogP) is 10.1. The van der Waals surface area contributed by atoms with E-state index < -0.39 is 101 Å². The first-order valence-corrected chi connectivity index (χ1v) is 28.5. The van der Waals surface area contributed by atoms with E-state index in [2.05, 4.69) is 28.2 Å². The van der Waals surface area contributed by atoms with Crippen molar-refractivity contribution >= 4 is 54.1 Å². The number of alkyl carbamates (subject to hydrolysis) is 1. The van der Waals surface area contributed by atoms with Crippen molar-refractivity contribution in [2.45, 2.75) is 227 Å². The minimum atomic E-state index is -1.64. The first-order valence-electron chi connectivity index (χ1n) is 28.5. The number of carboxylic acids is 1. The molecule has 6 amide bonds. The molecule has 22 heteroatoms. The number of aliphatic carboxylic acids is 1. The Balaban J connectivity index is 2.22. The molecular weight excluding hydrogens is 1060 g/mol. The minimum absolute atomic E-state index is 0.00521. The van der Waals surface area contributed by atoms with Gasteiger partial charge in [0.15, 0.2) is 0 Å². The molecule has 3 rings (SSSR count). The zero-order valence-electron chi connectivity index (χ0n) is 51.1. The van der Waals surface area contributed by atoms with Gasteiger partial charge in [-0.25, -0.2) is 24.0 Å². The molecule has 0 saturated carbocycles. The third-order valence-electron chi connectivity index (χ3n) is 12.4. The van der Waals surface area contributed by atoms with E-state index in [1.54, 1.807) is 83.1 Å². The maximum Gasteiger partial charge on any atom is 0.514 e. The average molecular weight is 1150 g/mol. The number of rotatable bonds is 23. The second-order valence-corrected chi connectivity index (χ2v) is 24.6. The molecule has 1 heterocycles. The van der Waals surface area contributed by atoms with Crippen LogP contribution in [0.25, 0.3) is 11.1 Å². The van der Waals surface area contributed by atoms with Gasteiger partial charge in [0, 0.05) is 50.7 Å². The van der Waals surface area contributed by atoms with Crippen molar-refractivity contribution in [2.24, 2.45) is 0 Å². The number of hydrogen-bond donors (Lipinski definition) is 5. The number of unbranched alkanes of at least 4 members (excludes halogenated alkanes) is 8. The van der Waals surface area contributed by atoms with Crippen LogP contribution >= 0.6 is 0 Å². The van der Waals surface area contributed by atoms with Crippen LogP contribution in [0.4, 0.5) is 19.2 Å². The number of carbonyl (C=O) groups excluding carboxylic acids is 8. The lowest BCUT2D eigenvalue weighted by atomic mass is 9.93. The van der Waals surface area contributed by atoms with Gasteiger partial charge >= 0.3 is 30.5 Å². The van der Waals surface area contributed by atoms with Crippen molar-refractivity contribution in [3.8, 4) is 22.6 Å². The summed E-state index contributed by atoms with van der Waals surface area (Å²) in [4.78, 5) is 126. The van der Waals surface area contributed by atoms with Gasteiger partial charge in [-0.1, -0.05) is 64.0 Å². The van der Waals surface area contributed by atoms with E-state index in [0.29, 0.717) is 24.9 Å². The first-order chi connectivity index (χ1) is 38.1. The Hall–Kier alpha value is -7.13. The standard InChI is InChI=1S/C60H92N6O16/c1-16-17-18-19-20-21-22-25-33-66(54(74)80-58(6,7)8)34-31-47(67)63-43(26-23-24-32-61-53(73)79-57(3,4)5)51(70)65(15)48-40-28-30-46(78-56(76)82-60(12,13)14)42(37-40)41-35-39(27-29-45(41)77-55(75)81-59(9,10)11)36-44(52(71)72)64-49(68)38(2)62-50(48)69/h27-30,35,37-38,43-44,48H,16-26,31-34,36H2,1-15H3,(H,61,73)(H,62,69)(H,63,67)(H,64,68)(H,71,72)/t38-,43-,44-,48-/m0/s1. The number of amides is 6. The van der Waals surface area contributed by atoms with Crippen LogP contribution in [-0.4, -0.2) is 136 Å². The summed E-state index contributed by atoms with van der Waals surface area (Å²) in [6, 6.07) is 2.57. The Bertz CT molecular complexity index is 2520. The van der Waals surface area contributed by atoms with Gasteiger partial charge < -0.3 is 64.6 Å². The lowest BCUT2D eigenvalue weighted by Crippen LogP contribution is -2.55. The van der Waals surface area contributed by atoms with Crippen LogP contribution < -0.4 is 30.7 Å². The molecule has 0 aromatic heterocycles. The fourth-order valence-electron chi connectivity index (χ4n) is 8.55. The van der Waals surface area contributed by atoms with E-state index in [4.69, 9.17) is 28.4 Å². The summed E-state index contributed by atoms with van der Waals surface area (Å²) in [7, 11) is 1.32. The smallest absolute Gasteiger partial charge is 0.480 e. The Morgan fingerprint density at radius 2 is 1.20 bits per heavy atom. The number of carboxylic acid groups (broad SMARTS) is 1. The highest BCUT2D eigenvalue weighted by atomic mass is 16.7. The van der Waals surface area contributed by atoms with Crippen LogP contribution in [0.1, 0.15) is 191 Å². The molecule has 0 aliphatic carbocycles. The van der Waals surface area contributed by atoms with E-state index in [1.807, 2.05) is 0 Å². The number of hydrogen-bond acceptors (Lipinski definition) is 15. The summed E-state index contributed by atoms with van der Waals surface area (Å²) < 4.78 is 33.6. The molecule has 0 fully saturated rings. The van der Waals surface area contributed by atoms with Gasteiger partial charge in [0.2, 0.25) is 23.6 Å². The lowest BCUT2D eigenvalue weighted by molar-refractivity contribution is -0.144. The van der Waals surface area contributed by atoms with Crippen LogP contribution in [0.3, 0.4) is 0 Å². The van der Waals surface area contributed by atoms with Crippen molar-refractivity contribution in [1.82, 2.24) is 31.1 Å². The summed E-state index contributed by atoms with van der Waals surface area (Å²) in [5, 5.41) is 21.0. The zero-order valence-corrected chi connectivity index (χ0v) is 51.1. The Morgan fingerprint density at radius 1 is 0.659 bits per heavy atom. The predicted molar refractivity (Wildman–Crippen MR) is 307 cm³/mol. The molecule has 0 spiro atoms. The molecular formula is C60H92N6O16. The van der Waals surface area contributed by atoms with Crippen molar-refractivity contribution in [3.05, 3.63) is 47.5 Å². The normalized spacial score (nSPS) is 16.2. The Labute approximate surface area is 484 Å². The highest BCUT2D eigenvalue weighted by Crippen LogP contribution is 2.41. The second kappa shape index (κ2) is 31.3. The number of nitrogens with zero attached hydrogens (tertiary/aromatic N) is 2. The summed E-state index contributed by atoms with van der Waals surface area (Å²) in [6.07, 6.45) is 4.84. The van der Waals surface area contributed by atoms with Crippen LogP contribution in [-0.2, 0) is 49.3 Å². The summed E-state index contributed by atoms with van der Waals surface area (Å²) in [5.74, 6) is -4.90. The number of benzene rings is 2. The van der Waals surface area contributed by atoms with Crippen LogP contribution in [0.2, 0.25) is 0 Å². The quantitative estimate of drug-likeness (QED) is 0.0299. The van der Waals surface area contributed by atoms with Crippen molar-refractivity contribution in [3.63, 3.8) is 0 Å². The molecule has 458 valence electrons. The van der Waals surface area contributed by atoms with E-state index in [1.165, 1.54) is 68.1 Å². The fourth-order valence-corrected chi connectivity index (χ4v) is 8.55. The maximum absolute atomic E-state index is 15.2. The average Bonchev–Trinajstić information content (AvgIpc) is 3.35. The van der Waals surface area contributed by atoms with Gasteiger partial charge in [0.05, 0.1) is 0 Å². The topological polar surface area (TPSA) is 284 Å². The number of fused-ring (bicyclic) bond motifs is 5. The summed E-state index contributed by atoms with van der Waals surface area (Å²) in [5.41, 5.74) is -3.16. The minimum Gasteiger partial charge on any atom is -0.480 e. The van der Waals surface area contributed by atoms with Gasteiger partial charge in [0.1, 0.15) is 58.1 Å². The number of likely N-dealkylation sites (N-methyl/N-ethyl adjacent to an activating group) is 1. The second-order valence-electron chi connectivity index (χ2n) is 24.6. The molecule has 5 N–H and O–H groups in total. The Kier molecular flexibility index (Phi) is 26.4. The van der Waals surface area contributed by atoms with Crippen molar-refractivity contribution < 1.29 is 76.7 Å². The number of carbonyl (C=O) groups is 9. The molecule has 4 atom stereocenters. The van der Waals surface area contributed by atoms with Gasteiger partial charge in [-0.3, -0.25) is 19.2 Å². The highest BCUT2D eigenvalue weighted by molar-refractivity contribution is 5.96. The number of ether oxygens (including phenoxy) is 6.